The number of hydrogen-bond donors (Lipinski definition) is 1. The Morgan fingerprint density at radius 2 is 1.57 bits per heavy atom. The van der Waals surface area contributed by atoms with E-state index in [2.05, 4.69) is 17.4 Å². The third kappa shape index (κ3) is 4.49. The van der Waals surface area contributed by atoms with Crippen LogP contribution in [0.15, 0.2) is 91.1 Å². The molecule has 1 aromatic heterocycles. The normalized spacial score (nSPS) is 11.8. The molecule has 0 saturated heterocycles. The Labute approximate surface area is 177 Å². The number of nitrogens with one attached hydrogen (secondary N) is 1. The first-order valence-corrected chi connectivity index (χ1v) is 10.1. The molecule has 1 heterocycles. The maximum Gasteiger partial charge on any atom is 0.255 e. The van der Waals surface area contributed by atoms with E-state index < -0.39 is 0 Å². The van der Waals surface area contributed by atoms with Crippen LogP contribution in [-0.2, 0) is 6.54 Å². The molecule has 1 unspecified atom stereocenters. The van der Waals surface area contributed by atoms with Crippen molar-refractivity contribution in [2.24, 2.45) is 0 Å². The molecule has 0 aliphatic rings. The quantitative estimate of drug-likeness (QED) is 0.475. The van der Waals surface area contributed by atoms with E-state index in [4.69, 9.17) is 5.10 Å². The first kappa shape index (κ1) is 19.6. The molecule has 0 spiro atoms. The van der Waals surface area contributed by atoms with Gasteiger partial charge in [0.2, 0.25) is 0 Å². The Balaban J connectivity index is 1.65. The molecule has 0 fully saturated rings. The van der Waals surface area contributed by atoms with Crippen LogP contribution in [0.25, 0.3) is 11.3 Å². The Morgan fingerprint density at radius 3 is 2.23 bits per heavy atom. The van der Waals surface area contributed by atoms with Gasteiger partial charge in [-0.05, 0) is 25.0 Å². The smallest absolute Gasteiger partial charge is 0.255 e. The Hall–Kier alpha value is -3.66. The van der Waals surface area contributed by atoms with E-state index in [0.717, 1.165) is 16.7 Å². The molecule has 30 heavy (non-hydrogen) atoms. The van der Waals surface area contributed by atoms with Gasteiger partial charge < -0.3 is 5.32 Å². The van der Waals surface area contributed by atoms with Gasteiger partial charge in [0, 0.05) is 11.8 Å². The number of benzene rings is 3. The molecule has 0 bridgehead atoms. The van der Waals surface area contributed by atoms with Gasteiger partial charge in [0.25, 0.3) is 5.91 Å². The third-order valence-corrected chi connectivity index (χ3v) is 5.17. The zero-order chi connectivity index (χ0) is 20.9. The van der Waals surface area contributed by atoms with E-state index in [0.29, 0.717) is 17.8 Å². The molecule has 3 aromatic carbocycles. The molecular weight excluding hydrogens is 370 g/mol. The van der Waals surface area contributed by atoms with Crippen LogP contribution in [0.1, 0.15) is 40.0 Å². The van der Waals surface area contributed by atoms with E-state index in [9.17, 15) is 4.79 Å². The minimum atomic E-state index is -0.124. The number of rotatable bonds is 6. The first-order valence-electron chi connectivity index (χ1n) is 10.1. The predicted molar refractivity (Wildman–Crippen MR) is 120 cm³/mol. The second kappa shape index (κ2) is 8.78. The summed E-state index contributed by atoms with van der Waals surface area (Å²) in [6, 6.07) is 28.1. The minimum Gasteiger partial charge on any atom is -0.345 e. The van der Waals surface area contributed by atoms with Gasteiger partial charge in [-0.1, -0.05) is 90.5 Å². The number of aryl methyl sites for hydroxylation is 1. The summed E-state index contributed by atoms with van der Waals surface area (Å²) >= 11 is 0. The average Bonchev–Trinajstić information content (AvgIpc) is 3.19. The number of carbonyl (C=O) groups excluding carboxylic acids is 1. The van der Waals surface area contributed by atoms with Gasteiger partial charge in [-0.2, -0.15) is 5.10 Å². The first-order chi connectivity index (χ1) is 14.6. The average molecular weight is 396 g/mol. The Bertz CT molecular complexity index is 1120. The van der Waals surface area contributed by atoms with Crippen molar-refractivity contribution in [3.05, 3.63) is 113 Å². The molecule has 0 radical (unpaired) electrons. The van der Waals surface area contributed by atoms with Crippen LogP contribution in [0.5, 0.6) is 0 Å². The highest BCUT2D eigenvalue weighted by molar-refractivity contribution is 6.00. The zero-order valence-electron chi connectivity index (χ0n) is 17.2. The lowest BCUT2D eigenvalue weighted by molar-refractivity contribution is 0.0940. The fourth-order valence-corrected chi connectivity index (χ4v) is 3.46. The third-order valence-electron chi connectivity index (χ3n) is 5.17. The molecule has 4 aromatic rings. The van der Waals surface area contributed by atoms with Crippen molar-refractivity contribution in [1.82, 2.24) is 15.1 Å². The number of aromatic nitrogens is 2. The summed E-state index contributed by atoms with van der Waals surface area (Å²) in [5.74, 6) is -0.124. The fraction of sp³-hybridized carbons (Fsp3) is 0.154. The highest BCUT2D eigenvalue weighted by Crippen LogP contribution is 2.24. The largest absolute Gasteiger partial charge is 0.345 e. The molecule has 0 aliphatic heterocycles. The topological polar surface area (TPSA) is 46.9 Å². The second-order valence-electron chi connectivity index (χ2n) is 7.55. The van der Waals surface area contributed by atoms with Gasteiger partial charge in [0.15, 0.2) is 0 Å². The van der Waals surface area contributed by atoms with Crippen LogP contribution in [0.4, 0.5) is 0 Å². The van der Waals surface area contributed by atoms with Crippen molar-refractivity contribution in [3.8, 4) is 11.3 Å². The highest BCUT2D eigenvalue weighted by atomic mass is 16.1. The second-order valence-corrected chi connectivity index (χ2v) is 7.55. The fourth-order valence-electron chi connectivity index (χ4n) is 3.46. The van der Waals surface area contributed by atoms with Gasteiger partial charge in [0.05, 0.1) is 18.2 Å². The Morgan fingerprint density at radius 1 is 0.933 bits per heavy atom. The number of amides is 1. The summed E-state index contributed by atoms with van der Waals surface area (Å²) in [5, 5.41) is 7.88. The summed E-state index contributed by atoms with van der Waals surface area (Å²) in [7, 11) is 0. The maximum atomic E-state index is 13.2. The molecule has 0 saturated carbocycles. The summed E-state index contributed by atoms with van der Waals surface area (Å²) in [5.41, 5.74) is 5.59. The van der Waals surface area contributed by atoms with Crippen molar-refractivity contribution >= 4 is 5.91 Å². The van der Waals surface area contributed by atoms with Crippen LogP contribution in [0, 0.1) is 6.92 Å². The molecule has 4 rings (SSSR count). The number of hydrogen-bond acceptors (Lipinski definition) is 2. The standard InChI is InChI=1S/C26H25N3O/c1-19-13-15-23(16-14-19)25-24(18-29(28-25)17-21-9-5-3-6-10-21)26(30)27-20(2)22-11-7-4-8-12-22/h3-16,18,20H,17H2,1-2H3,(H,27,30). The lowest BCUT2D eigenvalue weighted by Gasteiger charge is -2.14. The van der Waals surface area contributed by atoms with Crippen molar-refractivity contribution in [1.29, 1.82) is 0 Å². The zero-order valence-corrected chi connectivity index (χ0v) is 17.2. The molecular formula is C26H25N3O. The molecule has 0 aliphatic carbocycles. The molecule has 4 heteroatoms. The van der Waals surface area contributed by atoms with E-state index >= 15 is 0 Å². The van der Waals surface area contributed by atoms with Crippen LogP contribution >= 0.6 is 0 Å². The summed E-state index contributed by atoms with van der Waals surface area (Å²) < 4.78 is 1.84. The van der Waals surface area contributed by atoms with Crippen LogP contribution in [0.2, 0.25) is 0 Å². The predicted octanol–water partition coefficient (Wildman–Crippen LogP) is 5.40. The van der Waals surface area contributed by atoms with E-state index in [1.807, 2.05) is 97.5 Å². The van der Waals surface area contributed by atoms with Crippen LogP contribution in [0.3, 0.4) is 0 Å². The highest BCUT2D eigenvalue weighted by Gasteiger charge is 2.20. The van der Waals surface area contributed by atoms with Crippen LogP contribution < -0.4 is 5.32 Å². The molecule has 1 atom stereocenters. The number of carbonyl (C=O) groups is 1. The monoisotopic (exact) mass is 395 g/mol. The van der Waals surface area contributed by atoms with Crippen LogP contribution in [-0.4, -0.2) is 15.7 Å². The summed E-state index contributed by atoms with van der Waals surface area (Å²) in [6.07, 6.45) is 1.84. The summed E-state index contributed by atoms with van der Waals surface area (Å²) in [4.78, 5) is 13.2. The minimum absolute atomic E-state index is 0.0953. The van der Waals surface area contributed by atoms with E-state index in [-0.39, 0.29) is 11.9 Å². The number of nitrogens with zero attached hydrogens (tertiary/aromatic N) is 2. The Kier molecular flexibility index (Phi) is 5.75. The molecule has 4 nitrogen and oxygen atoms in total. The molecule has 1 N–H and O–H groups in total. The van der Waals surface area contributed by atoms with Crippen molar-refractivity contribution < 1.29 is 4.79 Å². The van der Waals surface area contributed by atoms with Gasteiger partial charge in [0.1, 0.15) is 5.69 Å². The maximum absolute atomic E-state index is 13.2. The van der Waals surface area contributed by atoms with Gasteiger partial charge in [-0.25, -0.2) is 0 Å². The SMILES string of the molecule is Cc1ccc(-c2nn(Cc3ccccc3)cc2C(=O)NC(C)c2ccccc2)cc1. The van der Waals surface area contributed by atoms with Crippen molar-refractivity contribution in [2.75, 3.05) is 0 Å². The van der Waals surface area contributed by atoms with Gasteiger partial charge in [-0.15, -0.1) is 0 Å². The van der Waals surface area contributed by atoms with Crippen molar-refractivity contribution in [3.63, 3.8) is 0 Å². The molecule has 150 valence electrons. The van der Waals surface area contributed by atoms with Gasteiger partial charge >= 0.3 is 0 Å². The van der Waals surface area contributed by atoms with E-state index in [1.165, 1.54) is 5.56 Å². The van der Waals surface area contributed by atoms with Crippen molar-refractivity contribution in [2.45, 2.75) is 26.4 Å². The van der Waals surface area contributed by atoms with E-state index in [1.54, 1.807) is 0 Å². The molecule has 1 amide bonds. The summed E-state index contributed by atoms with van der Waals surface area (Å²) in [6.45, 7) is 4.65. The van der Waals surface area contributed by atoms with Gasteiger partial charge in [-0.3, -0.25) is 9.48 Å². The lowest BCUT2D eigenvalue weighted by atomic mass is 10.0. The lowest BCUT2D eigenvalue weighted by Crippen LogP contribution is -2.26.